The molecular formula is C12H12N4O2. The van der Waals surface area contributed by atoms with Gasteiger partial charge in [-0.25, -0.2) is 4.68 Å². The fourth-order valence-electron chi connectivity index (χ4n) is 1.58. The van der Waals surface area contributed by atoms with Gasteiger partial charge in [-0.15, -0.1) is 11.5 Å². The van der Waals surface area contributed by atoms with Gasteiger partial charge in [0.25, 0.3) is 0 Å². The monoisotopic (exact) mass is 244 g/mol. The zero-order valence-electron chi connectivity index (χ0n) is 10.1. The van der Waals surface area contributed by atoms with Gasteiger partial charge in [0.1, 0.15) is 6.54 Å². The van der Waals surface area contributed by atoms with E-state index in [9.17, 15) is 0 Å². The summed E-state index contributed by atoms with van der Waals surface area (Å²) in [5, 5.41) is 11.4. The van der Waals surface area contributed by atoms with Crippen LogP contribution in [0.4, 0.5) is 0 Å². The van der Waals surface area contributed by atoms with Crippen LogP contribution in [0.2, 0.25) is 0 Å². The van der Waals surface area contributed by atoms with E-state index < -0.39 is 0 Å². The van der Waals surface area contributed by atoms with Crippen LogP contribution in [-0.2, 0) is 6.54 Å². The Hall–Kier alpha value is -2.55. The number of rotatable bonds is 4. The van der Waals surface area contributed by atoms with E-state index >= 15 is 0 Å². The summed E-state index contributed by atoms with van der Waals surface area (Å²) in [4.78, 5) is 0. The maximum Gasteiger partial charge on any atom is 0.183 e. The molecule has 0 atom stereocenters. The Bertz CT molecular complexity index is 586. The number of methoxy groups -OCH3 is 2. The van der Waals surface area contributed by atoms with Crippen LogP contribution in [0.3, 0.4) is 0 Å². The summed E-state index contributed by atoms with van der Waals surface area (Å²) < 4.78 is 11.9. The van der Waals surface area contributed by atoms with Crippen molar-refractivity contribution in [3.8, 4) is 35.2 Å². The Balaban J connectivity index is 2.45. The summed E-state index contributed by atoms with van der Waals surface area (Å²) in [6.07, 6.45) is 5.26. The molecule has 0 aliphatic rings. The molecule has 0 aliphatic carbocycles. The molecule has 92 valence electrons. The lowest BCUT2D eigenvalue weighted by Crippen LogP contribution is -2.01. The summed E-state index contributed by atoms with van der Waals surface area (Å²) in [6.45, 7) is 0.316. The highest BCUT2D eigenvalue weighted by molar-refractivity contribution is 5.60. The number of aromatic nitrogens is 4. The van der Waals surface area contributed by atoms with Gasteiger partial charge in [-0.1, -0.05) is 5.92 Å². The van der Waals surface area contributed by atoms with E-state index in [2.05, 4.69) is 21.4 Å². The van der Waals surface area contributed by atoms with Gasteiger partial charge in [-0.05, 0) is 28.6 Å². The SMILES string of the molecule is C#CCn1nnnc1-c1ccc(OC)c(OC)c1. The zero-order valence-corrected chi connectivity index (χ0v) is 10.1. The Kier molecular flexibility index (Phi) is 3.44. The summed E-state index contributed by atoms with van der Waals surface area (Å²) in [6, 6.07) is 5.45. The minimum absolute atomic E-state index is 0.316. The largest absolute Gasteiger partial charge is 0.493 e. The van der Waals surface area contributed by atoms with Crippen molar-refractivity contribution in [1.29, 1.82) is 0 Å². The summed E-state index contributed by atoms with van der Waals surface area (Å²) in [5.74, 6) is 4.35. The van der Waals surface area contributed by atoms with Crippen LogP contribution >= 0.6 is 0 Å². The Morgan fingerprint density at radius 1 is 1.28 bits per heavy atom. The van der Waals surface area contributed by atoms with Gasteiger partial charge in [-0.2, -0.15) is 0 Å². The minimum Gasteiger partial charge on any atom is -0.493 e. The summed E-state index contributed by atoms with van der Waals surface area (Å²) in [5.41, 5.74) is 0.813. The highest BCUT2D eigenvalue weighted by atomic mass is 16.5. The molecule has 1 heterocycles. The minimum atomic E-state index is 0.316. The molecule has 1 aromatic heterocycles. The summed E-state index contributed by atoms with van der Waals surface area (Å²) in [7, 11) is 3.16. The first-order valence-electron chi connectivity index (χ1n) is 5.22. The van der Waals surface area contributed by atoms with Crippen molar-refractivity contribution < 1.29 is 9.47 Å². The van der Waals surface area contributed by atoms with Crippen molar-refractivity contribution in [1.82, 2.24) is 20.2 Å². The van der Waals surface area contributed by atoms with Crippen molar-refractivity contribution in [2.24, 2.45) is 0 Å². The Morgan fingerprint density at radius 2 is 2.06 bits per heavy atom. The molecule has 2 aromatic rings. The first-order chi connectivity index (χ1) is 8.80. The molecule has 0 spiro atoms. The van der Waals surface area contributed by atoms with Gasteiger partial charge in [0.05, 0.1) is 14.2 Å². The molecule has 0 unspecified atom stereocenters. The Morgan fingerprint density at radius 3 is 2.72 bits per heavy atom. The zero-order chi connectivity index (χ0) is 13.0. The lowest BCUT2D eigenvalue weighted by atomic mass is 10.2. The van der Waals surface area contributed by atoms with Gasteiger partial charge in [0.15, 0.2) is 17.3 Å². The third kappa shape index (κ3) is 2.11. The van der Waals surface area contributed by atoms with E-state index in [4.69, 9.17) is 15.9 Å². The predicted molar refractivity (Wildman–Crippen MR) is 65.2 cm³/mol. The molecule has 0 saturated heterocycles. The lowest BCUT2D eigenvalue weighted by Gasteiger charge is -2.08. The van der Waals surface area contributed by atoms with Gasteiger partial charge in [0.2, 0.25) is 0 Å². The maximum absolute atomic E-state index is 5.26. The van der Waals surface area contributed by atoms with E-state index in [1.807, 2.05) is 6.07 Å². The quantitative estimate of drug-likeness (QED) is 0.750. The van der Waals surface area contributed by atoms with Gasteiger partial charge >= 0.3 is 0 Å². The van der Waals surface area contributed by atoms with Crippen LogP contribution in [0.5, 0.6) is 11.5 Å². The van der Waals surface area contributed by atoms with Crippen LogP contribution in [0, 0.1) is 12.3 Å². The van der Waals surface area contributed by atoms with Crippen molar-refractivity contribution in [3.63, 3.8) is 0 Å². The topological polar surface area (TPSA) is 62.1 Å². The number of tetrazole rings is 1. The normalized spacial score (nSPS) is 9.83. The van der Waals surface area contributed by atoms with E-state index in [-0.39, 0.29) is 0 Å². The van der Waals surface area contributed by atoms with E-state index in [0.717, 1.165) is 5.56 Å². The second kappa shape index (κ2) is 5.19. The molecule has 2 rings (SSSR count). The molecule has 6 heteroatoms. The second-order valence-corrected chi connectivity index (χ2v) is 3.43. The van der Waals surface area contributed by atoms with Crippen LogP contribution in [-0.4, -0.2) is 34.4 Å². The number of nitrogens with zero attached hydrogens (tertiary/aromatic N) is 4. The first-order valence-corrected chi connectivity index (χ1v) is 5.22. The standard InChI is InChI=1S/C12H12N4O2/c1-4-7-16-12(13-14-15-16)9-5-6-10(17-2)11(8-9)18-3/h1,5-6,8H,7H2,2-3H3. The van der Waals surface area contributed by atoms with Crippen LogP contribution in [0.1, 0.15) is 0 Å². The molecule has 0 saturated carbocycles. The number of hydrogen-bond acceptors (Lipinski definition) is 5. The number of terminal acetylenes is 1. The average Bonchev–Trinajstić information content (AvgIpc) is 2.86. The molecule has 18 heavy (non-hydrogen) atoms. The maximum atomic E-state index is 5.26. The molecule has 0 fully saturated rings. The molecule has 0 aliphatic heterocycles. The molecular weight excluding hydrogens is 232 g/mol. The third-order valence-corrected chi connectivity index (χ3v) is 2.41. The highest BCUT2D eigenvalue weighted by Gasteiger charge is 2.11. The van der Waals surface area contributed by atoms with Crippen molar-refractivity contribution in [3.05, 3.63) is 18.2 Å². The number of benzene rings is 1. The van der Waals surface area contributed by atoms with Gasteiger partial charge in [-0.3, -0.25) is 0 Å². The van der Waals surface area contributed by atoms with E-state index in [1.54, 1.807) is 31.0 Å². The van der Waals surface area contributed by atoms with E-state index in [1.165, 1.54) is 0 Å². The second-order valence-electron chi connectivity index (χ2n) is 3.43. The number of ether oxygens (including phenoxy) is 2. The average molecular weight is 244 g/mol. The van der Waals surface area contributed by atoms with Crippen molar-refractivity contribution in [2.75, 3.05) is 14.2 Å². The Labute approximate surface area is 105 Å². The van der Waals surface area contributed by atoms with Gasteiger partial charge in [0, 0.05) is 5.56 Å². The molecule has 0 N–H and O–H groups in total. The molecule has 1 aromatic carbocycles. The molecule has 6 nitrogen and oxygen atoms in total. The lowest BCUT2D eigenvalue weighted by molar-refractivity contribution is 0.355. The fraction of sp³-hybridized carbons (Fsp3) is 0.250. The van der Waals surface area contributed by atoms with E-state index in [0.29, 0.717) is 23.9 Å². The van der Waals surface area contributed by atoms with Gasteiger partial charge < -0.3 is 9.47 Å². The predicted octanol–water partition coefficient (Wildman–Crippen LogP) is 0.990. The molecule has 0 amide bonds. The smallest absolute Gasteiger partial charge is 0.183 e. The first kappa shape index (κ1) is 11.9. The van der Waals surface area contributed by atoms with Crippen LogP contribution in [0.15, 0.2) is 18.2 Å². The summed E-state index contributed by atoms with van der Waals surface area (Å²) >= 11 is 0. The van der Waals surface area contributed by atoms with Crippen LogP contribution in [0.25, 0.3) is 11.4 Å². The number of hydrogen-bond donors (Lipinski definition) is 0. The van der Waals surface area contributed by atoms with Crippen LogP contribution < -0.4 is 9.47 Å². The van der Waals surface area contributed by atoms with Crippen molar-refractivity contribution in [2.45, 2.75) is 6.54 Å². The molecule has 0 bridgehead atoms. The third-order valence-electron chi connectivity index (χ3n) is 2.41. The highest BCUT2D eigenvalue weighted by Crippen LogP contribution is 2.31. The fourth-order valence-corrected chi connectivity index (χ4v) is 1.58. The van der Waals surface area contributed by atoms with Crippen molar-refractivity contribution >= 4 is 0 Å². The molecule has 0 radical (unpaired) electrons.